The van der Waals surface area contributed by atoms with E-state index in [1.165, 1.54) is 12.1 Å². The molecular formula is C24H30F3N5O3. The van der Waals surface area contributed by atoms with Gasteiger partial charge in [-0.15, -0.1) is 0 Å². The third-order valence-electron chi connectivity index (χ3n) is 6.74. The second kappa shape index (κ2) is 10.3. The number of carbonyl (C=O) groups is 2. The van der Waals surface area contributed by atoms with Gasteiger partial charge in [-0.25, -0.2) is 0 Å². The van der Waals surface area contributed by atoms with Gasteiger partial charge in [0.05, 0.1) is 12.1 Å². The van der Waals surface area contributed by atoms with Crippen LogP contribution in [0.3, 0.4) is 0 Å². The van der Waals surface area contributed by atoms with E-state index in [4.69, 9.17) is 4.52 Å². The van der Waals surface area contributed by atoms with Crippen molar-refractivity contribution in [3.63, 3.8) is 0 Å². The van der Waals surface area contributed by atoms with Crippen molar-refractivity contribution in [1.82, 2.24) is 20.7 Å². The van der Waals surface area contributed by atoms with Crippen LogP contribution in [0.15, 0.2) is 28.8 Å². The molecule has 1 atom stereocenters. The molecule has 0 bridgehead atoms. The van der Waals surface area contributed by atoms with Crippen LogP contribution < -0.4 is 15.5 Å². The molecule has 2 saturated heterocycles. The van der Waals surface area contributed by atoms with E-state index in [0.29, 0.717) is 6.04 Å². The van der Waals surface area contributed by atoms with Gasteiger partial charge in [0.1, 0.15) is 11.4 Å². The number of rotatable bonds is 6. The van der Waals surface area contributed by atoms with Crippen LogP contribution >= 0.6 is 0 Å². The predicted molar refractivity (Wildman–Crippen MR) is 123 cm³/mol. The molecule has 1 aromatic heterocycles. The first-order valence-electron chi connectivity index (χ1n) is 11.8. The summed E-state index contributed by atoms with van der Waals surface area (Å²) in [5.41, 5.74) is 0.952. The number of nitrogens with zero attached hydrogens (tertiary/aromatic N) is 3. The zero-order chi connectivity index (χ0) is 25.2. The number of hydrogen-bond donors (Lipinski definition) is 2. The van der Waals surface area contributed by atoms with Gasteiger partial charge in [0.25, 0.3) is 5.91 Å². The highest BCUT2D eigenvalue weighted by Crippen LogP contribution is 2.30. The summed E-state index contributed by atoms with van der Waals surface area (Å²) in [7, 11) is 0. The Hall–Kier alpha value is -3.08. The zero-order valence-electron chi connectivity index (χ0n) is 19.8. The van der Waals surface area contributed by atoms with Crippen molar-refractivity contribution in [1.29, 1.82) is 0 Å². The maximum Gasteiger partial charge on any atom is 0.416 e. The summed E-state index contributed by atoms with van der Waals surface area (Å²) in [5, 5.41) is 9.38. The number of alkyl halides is 3. The van der Waals surface area contributed by atoms with Crippen LogP contribution in [0, 0.1) is 13.8 Å². The van der Waals surface area contributed by atoms with Gasteiger partial charge in [-0.2, -0.15) is 13.2 Å². The Morgan fingerprint density at radius 2 is 1.89 bits per heavy atom. The lowest BCUT2D eigenvalue weighted by Crippen LogP contribution is -2.47. The smallest absolute Gasteiger partial charge is 0.367 e. The van der Waals surface area contributed by atoms with Gasteiger partial charge in [0, 0.05) is 43.8 Å². The minimum atomic E-state index is -4.53. The van der Waals surface area contributed by atoms with E-state index in [-0.39, 0.29) is 24.1 Å². The van der Waals surface area contributed by atoms with Crippen molar-refractivity contribution in [2.24, 2.45) is 0 Å². The minimum Gasteiger partial charge on any atom is -0.367 e. The van der Waals surface area contributed by atoms with Gasteiger partial charge in [-0.3, -0.25) is 14.5 Å². The number of carbonyl (C=O) groups excluding carboxylic acids is 2. The van der Waals surface area contributed by atoms with Crippen LogP contribution in [-0.4, -0.2) is 66.7 Å². The molecule has 35 heavy (non-hydrogen) atoms. The van der Waals surface area contributed by atoms with E-state index in [1.807, 2.05) is 13.8 Å². The van der Waals surface area contributed by atoms with Gasteiger partial charge in [0.15, 0.2) is 5.76 Å². The fourth-order valence-electron chi connectivity index (χ4n) is 5.00. The summed E-state index contributed by atoms with van der Waals surface area (Å²) >= 11 is 0. The molecule has 2 N–H and O–H groups in total. The van der Waals surface area contributed by atoms with Crippen LogP contribution in [0.25, 0.3) is 0 Å². The molecule has 2 aliphatic rings. The van der Waals surface area contributed by atoms with Gasteiger partial charge < -0.3 is 20.1 Å². The molecule has 0 aliphatic carbocycles. The maximum absolute atomic E-state index is 12.8. The lowest BCUT2D eigenvalue weighted by atomic mass is 10.0. The highest BCUT2D eigenvalue weighted by atomic mass is 19.4. The first-order valence-corrected chi connectivity index (χ1v) is 11.8. The lowest BCUT2D eigenvalue weighted by Gasteiger charge is -2.37. The zero-order valence-corrected chi connectivity index (χ0v) is 19.8. The molecule has 2 amide bonds. The summed E-state index contributed by atoms with van der Waals surface area (Å²) < 4.78 is 43.8. The average molecular weight is 494 g/mol. The van der Waals surface area contributed by atoms with Crippen LogP contribution in [-0.2, 0) is 11.0 Å². The first kappa shape index (κ1) is 25.0. The van der Waals surface area contributed by atoms with E-state index in [9.17, 15) is 22.8 Å². The number of aromatic nitrogens is 1. The van der Waals surface area contributed by atoms with E-state index in [2.05, 4.69) is 25.6 Å². The van der Waals surface area contributed by atoms with Crippen molar-refractivity contribution in [2.45, 2.75) is 51.4 Å². The quantitative estimate of drug-likeness (QED) is 0.643. The van der Waals surface area contributed by atoms with Gasteiger partial charge in [-0.1, -0.05) is 11.2 Å². The molecule has 11 heteroatoms. The summed E-state index contributed by atoms with van der Waals surface area (Å²) in [6.07, 6.45) is -1.69. The highest BCUT2D eigenvalue weighted by molar-refractivity contribution is 5.96. The first-order chi connectivity index (χ1) is 16.6. The Morgan fingerprint density at radius 3 is 2.54 bits per heavy atom. The molecule has 8 nitrogen and oxygen atoms in total. The SMILES string of the molecule is Cc1noc(C)c1N1CCC(N2CCC(NC(=O)CNC(=O)c3cccc(C(F)(F)F)c3)C2)CC1. The Kier molecular flexibility index (Phi) is 7.34. The topological polar surface area (TPSA) is 90.7 Å². The summed E-state index contributed by atoms with van der Waals surface area (Å²) in [6.45, 7) is 7.05. The molecule has 4 rings (SSSR count). The van der Waals surface area contributed by atoms with Gasteiger partial charge in [0.2, 0.25) is 5.91 Å². The average Bonchev–Trinajstić information content (AvgIpc) is 3.43. The van der Waals surface area contributed by atoms with Crippen molar-refractivity contribution < 1.29 is 27.3 Å². The Morgan fingerprint density at radius 1 is 1.14 bits per heavy atom. The number of anilines is 1. The number of piperidine rings is 1. The van der Waals surface area contributed by atoms with Crippen LogP contribution in [0.2, 0.25) is 0 Å². The standard InChI is InChI=1S/C24H30F3N5O3/c1-15-22(16(2)35-30-15)31-10-7-20(8-11-31)32-9-6-19(14-32)29-21(33)13-28-23(34)17-4-3-5-18(12-17)24(25,26)27/h3-5,12,19-20H,6-11,13-14H2,1-2H3,(H,28,34)(H,29,33). The van der Waals surface area contributed by atoms with Crippen molar-refractivity contribution >= 4 is 17.5 Å². The Bertz CT molecular complexity index is 1040. The lowest BCUT2D eigenvalue weighted by molar-refractivity contribution is -0.137. The Labute approximate surface area is 201 Å². The highest BCUT2D eigenvalue weighted by Gasteiger charge is 2.33. The third kappa shape index (κ3) is 5.95. The van der Waals surface area contributed by atoms with Crippen molar-refractivity contribution in [3.05, 3.63) is 46.8 Å². The maximum atomic E-state index is 12.8. The fourth-order valence-corrected chi connectivity index (χ4v) is 5.00. The monoisotopic (exact) mass is 493 g/mol. The molecule has 0 radical (unpaired) electrons. The summed E-state index contributed by atoms with van der Waals surface area (Å²) in [6, 6.07) is 4.55. The van der Waals surface area contributed by atoms with Gasteiger partial charge >= 0.3 is 6.18 Å². The normalized spacial score (nSPS) is 19.7. The molecule has 0 spiro atoms. The number of amides is 2. The van der Waals surface area contributed by atoms with E-state index in [0.717, 1.165) is 74.7 Å². The van der Waals surface area contributed by atoms with Gasteiger partial charge in [-0.05, 0) is 51.3 Å². The second-order valence-corrected chi connectivity index (χ2v) is 9.20. The summed E-state index contributed by atoms with van der Waals surface area (Å²) in [5.74, 6) is -0.236. The molecule has 2 aromatic rings. The number of likely N-dealkylation sites (tertiary alicyclic amines) is 1. The number of hydrogen-bond acceptors (Lipinski definition) is 6. The third-order valence-corrected chi connectivity index (χ3v) is 6.74. The molecule has 2 fully saturated rings. The number of aryl methyl sites for hydroxylation is 2. The van der Waals surface area contributed by atoms with Crippen molar-refractivity contribution in [2.75, 3.05) is 37.6 Å². The second-order valence-electron chi connectivity index (χ2n) is 9.20. The number of halogens is 3. The molecule has 3 heterocycles. The Balaban J connectivity index is 1.20. The summed E-state index contributed by atoms with van der Waals surface area (Å²) in [4.78, 5) is 29.3. The van der Waals surface area contributed by atoms with Crippen molar-refractivity contribution in [3.8, 4) is 0 Å². The fraction of sp³-hybridized carbons (Fsp3) is 0.542. The molecule has 1 aromatic carbocycles. The minimum absolute atomic E-state index is 0.0199. The molecule has 2 aliphatic heterocycles. The number of benzene rings is 1. The number of nitrogens with one attached hydrogen (secondary N) is 2. The molecule has 1 unspecified atom stereocenters. The largest absolute Gasteiger partial charge is 0.416 e. The van der Waals surface area contributed by atoms with Crippen LogP contribution in [0.5, 0.6) is 0 Å². The predicted octanol–water partition coefficient (Wildman–Crippen LogP) is 2.90. The molecular weight excluding hydrogens is 463 g/mol. The van der Waals surface area contributed by atoms with Crippen LogP contribution in [0.4, 0.5) is 18.9 Å². The molecule has 0 saturated carbocycles. The van der Waals surface area contributed by atoms with E-state index >= 15 is 0 Å². The molecule has 190 valence electrons. The van der Waals surface area contributed by atoms with E-state index < -0.39 is 17.6 Å². The van der Waals surface area contributed by atoms with E-state index in [1.54, 1.807) is 0 Å². The van der Waals surface area contributed by atoms with Crippen LogP contribution in [0.1, 0.15) is 46.6 Å².